The molecule has 1 aromatic carbocycles. The first-order valence-corrected chi connectivity index (χ1v) is 9.48. The minimum atomic E-state index is -3.52. The zero-order valence-corrected chi connectivity index (χ0v) is 15.3. The van der Waals surface area contributed by atoms with E-state index in [0.29, 0.717) is 5.69 Å². The number of aromatic nitrogens is 1. The van der Waals surface area contributed by atoms with Gasteiger partial charge >= 0.3 is 0 Å². The Morgan fingerprint density at radius 1 is 1.04 bits per heavy atom. The Bertz CT molecular complexity index is 807. The molecule has 0 spiro atoms. The molecule has 0 aliphatic heterocycles. The Morgan fingerprint density at radius 3 is 2.17 bits per heavy atom. The number of benzene rings is 1. The van der Waals surface area contributed by atoms with Crippen LogP contribution in [0.3, 0.4) is 0 Å². The van der Waals surface area contributed by atoms with Crippen LogP contribution in [-0.2, 0) is 21.1 Å². The maximum atomic E-state index is 12.5. The van der Waals surface area contributed by atoms with E-state index in [0.717, 1.165) is 11.1 Å². The third-order valence-corrected chi connectivity index (χ3v) is 7.17. The molecule has 0 saturated heterocycles. The van der Waals surface area contributed by atoms with Crippen molar-refractivity contribution in [1.82, 2.24) is 4.98 Å². The van der Waals surface area contributed by atoms with Crippen molar-refractivity contribution in [3.8, 4) is 11.1 Å². The minimum Gasteiger partial charge on any atom is -0.298 e. The minimum absolute atomic E-state index is 0.00796. The quantitative estimate of drug-likeness (QED) is 0.804. The first-order chi connectivity index (χ1) is 11.2. The molecule has 1 aromatic heterocycles. The zero-order chi connectivity index (χ0) is 18.0. The fourth-order valence-corrected chi connectivity index (χ4v) is 4.02. The van der Waals surface area contributed by atoms with E-state index >= 15 is 0 Å². The first kappa shape index (κ1) is 18.3. The fraction of sp³-hybridized carbons (Fsp3) is 0.368. The second kappa shape index (κ2) is 6.85. The molecule has 0 atom stereocenters. The van der Waals surface area contributed by atoms with Gasteiger partial charge in [-0.25, -0.2) is 8.42 Å². The number of carbonyl (C=O) groups is 1. The summed E-state index contributed by atoms with van der Waals surface area (Å²) >= 11 is 0. The number of ketones is 1. The second-order valence-electron chi connectivity index (χ2n) is 6.61. The van der Waals surface area contributed by atoms with E-state index in [9.17, 15) is 13.2 Å². The Kier molecular flexibility index (Phi) is 5.23. The number of rotatable bonds is 6. The van der Waals surface area contributed by atoms with Crippen LogP contribution < -0.4 is 0 Å². The molecule has 0 unspecified atom stereocenters. The summed E-state index contributed by atoms with van der Waals surface area (Å²) in [5.41, 5.74) is 2.58. The smallest absolute Gasteiger partial charge is 0.164 e. The molecule has 2 aromatic rings. The maximum Gasteiger partial charge on any atom is 0.164 e. The molecule has 0 N–H and O–H groups in total. The van der Waals surface area contributed by atoms with Gasteiger partial charge in [-0.2, -0.15) is 0 Å². The zero-order valence-electron chi connectivity index (χ0n) is 14.5. The topological polar surface area (TPSA) is 64.1 Å². The maximum absolute atomic E-state index is 12.5. The molecule has 0 radical (unpaired) electrons. The van der Waals surface area contributed by atoms with E-state index in [1.54, 1.807) is 26.1 Å². The van der Waals surface area contributed by atoms with E-state index in [-0.39, 0.29) is 12.2 Å². The highest BCUT2D eigenvalue weighted by Crippen LogP contribution is 2.24. The number of nitrogens with zero attached hydrogens (tertiary/aromatic N) is 1. The van der Waals surface area contributed by atoms with Gasteiger partial charge in [-0.05, 0) is 39.3 Å². The number of hydrogen-bond donors (Lipinski definition) is 0. The summed E-state index contributed by atoms with van der Waals surface area (Å²) < 4.78 is 23.3. The van der Waals surface area contributed by atoms with Crippen LogP contribution in [0.4, 0.5) is 0 Å². The predicted octanol–water partition coefficient (Wildman–Crippen LogP) is 3.46. The molecule has 2 rings (SSSR count). The molecule has 0 aliphatic carbocycles. The second-order valence-corrected chi connectivity index (χ2v) is 9.66. The summed E-state index contributed by atoms with van der Waals surface area (Å²) in [6.45, 7) is 6.14. The van der Waals surface area contributed by atoms with E-state index in [1.165, 1.54) is 13.8 Å². The van der Waals surface area contributed by atoms with Crippen molar-refractivity contribution in [2.75, 3.05) is 0 Å². The van der Waals surface area contributed by atoms with Gasteiger partial charge in [0.25, 0.3) is 0 Å². The molecule has 0 aliphatic rings. The van der Waals surface area contributed by atoms with Crippen molar-refractivity contribution in [2.45, 2.75) is 44.1 Å². The molecule has 128 valence electrons. The van der Waals surface area contributed by atoms with E-state index in [1.807, 2.05) is 36.4 Å². The van der Waals surface area contributed by atoms with Gasteiger partial charge in [0.2, 0.25) is 0 Å². The third kappa shape index (κ3) is 3.56. The third-order valence-electron chi connectivity index (χ3n) is 4.28. The van der Waals surface area contributed by atoms with Gasteiger partial charge in [0.15, 0.2) is 15.6 Å². The van der Waals surface area contributed by atoms with Gasteiger partial charge in [-0.15, -0.1) is 0 Å². The van der Waals surface area contributed by atoms with Crippen molar-refractivity contribution in [3.05, 3.63) is 54.4 Å². The largest absolute Gasteiger partial charge is 0.298 e. The SMILES string of the molecule is CC(C)S(=O)(=O)C(C)(C)C(=O)Cc1ccc(-c2ccccc2)cn1. The van der Waals surface area contributed by atoms with Crippen LogP contribution >= 0.6 is 0 Å². The molecule has 4 nitrogen and oxygen atoms in total. The van der Waals surface area contributed by atoms with Crippen LogP contribution in [0, 0.1) is 0 Å². The highest BCUT2D eigenvalue weighted by atomic mass is 32.2. The van der Waals surface area contributed by atoms with Gasteiger partial charge in [-0.1, -0.05) is 36.4 Å². The fourth-order valence-electron chi connectivity index (χ4n) is 2.46. The van der Waals surface area contributed by atoms with Crippen LogP contribution in [0.5, 0.6) is 0 Å². The Balaban J connectivity index is 2.18. The van der Waals surface area contributed by atoms with Gasteiger partial charge in [0, 0.05) is 17.5 Å². The number of pyridine rings is 1. The van der Waals surface area contributed by atoms with Crippen molar-refractivity contribution in [3.63, 3.8) is 0 Å². The van der Waals surface area contributed by atoms with Gasteiger partial charge in [-0.3, -0.25) is 9.78 Å². The van der Waals surface area contributed by atoms with Crippen molar-refractivity contribution >= 4 is 15.6 Å². The van der Waals surface area contributed by atoms with Crippen LogP contribution in [0.15, 0.2) is 48.7 Å². The molecule has 0 saturated carbocycles. The lowest BCUT2D eigenvalue weighted by molar-refractivity contribution is -0.120. The molecule has 24 heavy (non-hydrogen) atoms. The van der Waals surface area contributed by atoms with Gasteiger partial charge < -0.3 is 0 Å². The van der Waals surface area contributed by atoms with Gasteiger partial charge in [0.1, 0.15) is 4.75 Å². The molecule has 1 heterocycles. The normalized spacial score (nSPS) is 12.4. The van der Waals surface area contributed by atoms with Gasteiger partial charge in [0.05, 0.1) is 11.7 Å². The van der Waals surface area contributed by atoms with E-state index in [2.05, 4.69) is 4.98 Å². The molecule has 5 heteroatoms. The number of sulfone groups is 1. The lowest BCUT2D eigenvalue weighted by atomic mass is 10.0. The highest BCUT2D eigenvalue weighted by molar-refractivity contribution is 7.94. The summed E-state index contributed by atoms with van der Waals surface area (Å²) in [4.78, 5) is 16.8. The molecule has 0 amide bonds. The molecule has 0 bridgehead atoms. The van der Waals surface area contributed by atoms with Crippen LogP contribution in [-0.4, -0.2) is 29.2 Å². The van der Waals surface area contributed by atoms with Crippen LogP contribution in [0.25, 0.3) is 11.1 Å². The molecule has 0 fully saturated rings. The predicted molar refractivity (Wildman–Crippen MR) is 96.5 cm³/mol. The van der Waals surface area contributed by atoms with Crippen molar-refractivity contribution in [1.29, 1.82) is 0 Å². The Hall–Kier alpha value is -2.01. The average Bonchev–Trinajstić information content (AvgIpc) is 2.56. The summed E-state index contributed by atoms with van der Waals surface area (Å²) in [6.07, 6.45) is 1.72. The summed E-state index contributed by atoms with van der Waals surface area (Å²) in [5.74, 6) is -0.337. The van der Waals surface area contributed by atoms with E-state index < -0.39 is 19.8 Å². The number of Topliss-reactive ketones (excluding diaryl/α,β-unsaturated/α-hetero) is 1. The number of carbonyl (C=O) groups excluding carboxylic acids is 1. The van der Waals surface area contributed by atoms with Crippen LogP contribution in [0.1, 0.15) is 33.4 Å². The van der Waals surface area contributed by atoms with E-state index in [4.69, 9.17) is 0 Å². The molecular weight excluding hydrogens is 322 g/mol. The lowest BCUT2D eigenvalue weighted by Gasteiger charge is -2.25. The number of hydrogen-bond acceptors (Lipinski definition) is 4. The monoisotopic (exact) mass is 345 g/mol. The summed E-state index contributed by atoms with van der Waals surface area (Å²) in [6, 6.07) is 13.5. The Morgan fingerprint density at radius 2 is 1.67 bits per heavy atom. The molecular formula is C19H23NO3S. The first-order valence-electron chi connectivity index (χ1n) is 7.93. The van der Waals surface area contributed by atoms with Crippen LogP contribution in [0.2, 0.25) is 0 Å². The van der Waals surface area contributed by atoms with Crippen molar-refractivity contribution in [2.24, 2.45) is 0 Å². The lowest BCUT2D eigenvalue weighted by Crippen LogP contribution is -2.45. The Labute approximate surface area is 143 Å². The summed E-state index contributed by atoms with van der Waals surface area (Å²) in [7, 11) is -3.52. The summed E-state index contributed by atoms with van der Waals surface area (Å²) in [5, 5.41) is -0.593. The average molecular weight is 345 g/mol. The standard InChI is InChI=1S/C19H23NO3S/c1-14(2)24(22,23)19(3,4)18(21)12-17-11-10-16(13-20-17)15-8-6-5-7-9-15/h5-11,13-14H,12H2,1-4H3. The van der Waals surface area contributed by atoms with Crippen molar-refractivity contribution < 1.29 is 13.2 Å². The highest BCUT2D eigenvalue weighted by Gasteiger charge is 2.42.